The van der Waals surface area contributed by atoms with Gasteiger partial charge in [-0.3, -0.25) is 0 Å². The van der Waals surface area contributed by atoms with Crippen molar-refractivity contribution >= 4 is 29.7 Å². The molecule has 0 aliphatic carbocycles. The first-order chi connectivity index (χ1) is 12.0. The number of aromatic carboxylic acids is 1. The number of hydrogen-bond donors (Lipinski definition) is 3. The van der Waals surface area contributed by atoms with Crippen molar-refractivity contribution in [1.82, 2.24) is 0 Å². The number of benzene rings is 1. The van der Waals surface area contributed by atoms with Gasteiger partial charge in [0.05, 0.1) is 10.4 Å². The number of ether oxygens (including phenoxy) is 1. The van der Waals surface area contributed by atoms with Gasteiger partial charge in [-0.15, -0.1) is 23.7 Å². The van der Waals surface area contributed by atoms with Gasteiger partial charge in [-0.05, 0) is 48.7 Å². The molecule has 0 spiro atoms. The Bertz CT molecular complexity index is 764. The Morgan fingerprint density at radius 1 is 1.27 bits per heavy atom. The first-order valence-electron chi connectivity index (χ1n) is 7.90. The minimum Gasteiger partial charge on any atom is -0.481 e. The van der Waals surface area contributed by atoms with Crippen molar-refractivity contribution in [1.29, 1.82) is 0 Å². The first-order valence-corrected chi connectivity index (χ1v) is 8.72. The molecule has 0 radical (unpaired) electrons. The van der Waals surface area contributed by atoms with Crippen molar-refractivity contribution in [2.24, 2.45) is 11.7 Å². The number of thiophene rings is 1. The van der Waals surface area contributed by atoms with Gasteiger partial charge in [0.2, 0.25) is 0 Å². The van der Waals surface area contributed by atoms with Crippen molar-refractivity contribution in [3.8, 4) is 17.6 Å². The van der Waals surface area contributed by atoms with Crippen LogP contribution in [0.1, 0.15) is 39.5 Å². The third-order valence-corrected chi connectivity index (χ3v) is 4.72. The summed E-state index contributed by atoms with van der Waals surface area (Å²) in [4.78, 5) is 12.7. The molecule has 0 aliphatic heterocycles. The van der Waals surface area contributed by atoms with E-state index in [2.05, 4.69) is 11.8 Å². The van der Waals surface area contributed by atoms with Gasteiger partial charge >= 0.3 is 5.97 Å². The predicted octanol–water partition coefficient (Wildman–Crippen LogP) is 3.32. The Labute approximate surface area is 163 Å². The van der Waals surface area contributed by atoms with E-state index in [0.717, 1.165) is 16.2 Å². The number of halogens is 1. The maximum Gasteiger partial charge on any atom is 0.335 e. The van der Waals surface area contributed by atoms with Crippen LogP contribution in [0.5, 0.6) is 5.75 Å². The van der Waals surface area contributed by atoms with Crippen LogP contribution in [0.15, 0.2) is 36.4 Å². The lowest BCUT2D eigenvalue weighted by Crippen LogP contribution is -2.14. The molecule has 2 aromatic rings. The molecule has 0 saturated heterocycles. The van der Waals surface area contributed by atoms with Crippen LogP contribution >= 0.6 is 23.7 Å². The Balaban J connectivity index is 0.00000338. The van der Waals surface area contributed by atoms with E-state index in [1.807, 2.05) is 19.1 Å². The second kappa shape index (κ2) is 10.8. The van der Waals surface area contributed by atoms with E-state index in [0.29, 0.717) is 5.75 Å². The SMILES string of the molecule is C[C@@H](CO)CC(N)c1ccc(C#CCOc2ccc(C(=O)O)cc2)s1.Cl. The van der Waals surface area contributed by atoms with Crippen LogP contribution < -0.4 is 10.5 Å². The van der Waals surface area contributed by atoms with Crippen LogP contribution in [0.3, 0.4) is 0 Å². The van der Waals surface area contributed by atoms with E-state index in [-0.39, 0.29) is 43.1 Å². The van der Waals surface area contributed by atoms with Crippen molar-refractivity contribution in [2.75, 3.05) is 13.2 Å². The fourth-order valence-corrected chi connectivity index (χ4v) is 3.08. The topological polar surface area (TPSA) is 92.8 Å². The van der Waals surface area contributed by atoms with E-state index < -0.39 is 5.97 Å². The summed E-state index contributed by atoms with van der Waals surface area (Å²) in [6, 6.07) is 10.0. The van der Waals surface area contributed by atoms with Gasteiger partial charge in [-0.1, -0.05) is 18.8 Å². The van der Waals surface area contributed by atoms with Gasteiger partial charge in [0.15, 0.2) is 0 Å². The monoisotopic (exact) mass is 395 g/mol. The fourth-order valence-electron chi connectivity index (χ4n) is 2.18. The Hall–Kier alpha value is -2.04. The Morgan fingerprint density at radius 3 is 2.58 bits per heavy atom. The molecule has 0 bridgehead atoms. The fraction of sp³-hybridized carbons (Fsp3) is 0.316. The molecule has 140 valence electrons. The highest BCUT2D eigenvalue weighted by Crippen LogP contribution is 2.25. The molecule has 1 unspecified atom stereocenters. The predicted molar refractivity (Wildman–Crippen MR) is 105 cm³/mol. The van der Waals surface area contributed by atoms with Crippen molar-refractivity contribution in [2.45, 2.75) is 19.4 Å². The standard InChI is InChI=1S/C19H21NO4S.ClH/c1-13(12-21)11-17(20)18-9-8-16(25-18)3-2-10-24-15-6-4-14(5-7-15)19(22)23;/h4-9,13,17,21H,10-12,20H2,1H3,(H,22,23);1H/t13-,17?;/m1./s1. The van der Waals surface area contributed by atoms with Crippen molar-refractivity contribution in [3.63, 3.8) is 0 Å². The molecule has 1 aromatic heterocycles. The van der Waals surface area contributed by atoms with E-state index in [1.54, 1.807) is 23.5 Å². The quantitative estimate of drug-likeness (QED) is 0.625. The van der Waals surface area contributed by atoms with Crippen LogP contribution in [-0.4, -0.2) is 29.4 Å². The highest BCUT2D eigenvalue weighted by atomic mass is 35.5. The minimum absolute atomic E-state index is 0. The zero-order chi connectivity index (χ0) is 18.2. The minimum atomic E-state index is -0.966. The Morgan fingerprint density at radius 2 is 1.96 bits per heavy atom. The lowest BCUT2D eigenvalue weighted by Gasteiger charge is -2.13. The third-order valence-electron chi connectivity index (χ3n) is 3.58. The number of hydrogen-bond acceptors (Lipinski definition) is 5. The highest BCUT2D eigenvalue weighted by molar-refractivity contribution is 7.12. The van der Waals surface area contributed by atoms with E-state index in [4.69, 9.17) is 20.7 Å². The largest absolute Gasteiger partial charge is 0.481 e. The van der Waals surface area contributed by atoms with Gasteiger partial charge in [0.1, 0.15) is 12.4 Å². The summed E-state index contributed by atoms with van der Waals surface area (Å²) >= 11 is 1.54. The molecule has 5 nitrogen and oxygen atoms in total. The van der Waals surface area contributed by atoms with Crippen LogP contribution in [0.2, 0.25) is 0 Å². The number of aliphatic hydroxyl groups excluding tert-OH is 1. The summed E-state index contributed by atoms with van der Waals surface area (Å²) in [5.41, 5.74) is 6.35. The number of rotatable bonds is 7. The van der Waals surface area contributed by atoms with Gasteiger partial charge in [0.25, 0.3) is 0 Å². The second-order valence-electron chi connectivity index (χ2n) is 5.75. The van der Waals surface area contributed by atoms with Crippen LogP contribution in [-0.2, 0) is 0 Å². The number of aliphatic hydroxyl groups is 1. The molecule has 2 atom stereocenters. The first kappa shape index (κ1) is 22.0. The molecule has 0 amide bonds. The summed E-state index contributed by atoms with van der Waals surface area (Å²) in [5, 5.41) is 17.9. The molecular formula is C19H22ClNO4S. The summed E-state index contributed by atoms with van der Waals surface area (Å²) in [6.07, 6.45) is 0.735. The summed E-state index contributed by atoms with van der Waals surface area (Å²) < 4.78 is 5.47. The molecule has 1 aromatic carbocycles. The maximum absolute atomic E-state index is 10.8. The number of carboxylic acid groups (broad SMARTS) is 1. The number of carbonyl (C=O) groups is 1. The molecular weight excluding hydrogens is 374 g/mol. The molecule has 2 rings (SSSR count). The molecule has 4 N–H and O–H groups in total. The average Bonchev–Trinajstić information content (AvgIpc) is 3.08. The van der Waals surface area contributed by atoms with E-state index in [9.17, 15) is 4.79 Å². The maximum atomic E-state index is 10.8. The summed E-state index contributed by atoms with van der Waals surface area (Å²) in [5.74, 6) is 5.75. The normalized spacial score (nSPS) is 12.3. The Kier molecular flexibility index (Phi) is 9.17. The zero-order valence-electron chi connectivity index (χ0n) is 14.3. The number of carboxylic acids is 1. The van der Waals surface area contributed by atoms with Gasteiger partial charge in [-0.2, -0.15) is 0 Å². The van der Waals surface area contributed by atoms with Gasteiger partial charge in [0, 0.05) is 17.5 Å². The van der Waals surface area contributed by atoms with E-state index in [1.165, 1.54) is 12.1 Å². The van der Waals surface area contributed by atoms with Gasteiger partial charge < -0.3 is 20.7 Å². The van der Waals surface area contributed by atoms with E-state index >= 15 is 0 Å². The second-order valence-corrected chi connectivity index (χ2v) is 6.87. The molecule has 0 fully saturated rings. The third kappa shape index (κ3) is 6.70. The molecule has 0 aliphatic rings. The average molecular weight is 396 g/mol. The highest BCUT2D eigenvalue weighted by Gasteiger charge is 2.12. The van der Waals surface area contributed by atoms with Crippen molar-refractivity contribution < 1.29 is 19.7 Å². The lowest BCUT2D eigenvalue weighted by atomic mass is 10.0. The molecule has 0 saturated carbocycles. The molecule has 26 heavy (non-hydrogen) atoms. The van der Waals surface area contributed by atoms with Crippen molar-refractivity contribution in [3.05, 3.63) is 51.7 Å². The van der Waals surface area contributed by atoms with Gasteiger partial charge in [-0.25, -0.2) is 4.79 Å². The zero-order valence-corrected chi connectivity index (χ0v) is 16.0. The number of nitrogens with two attached hydrogens (primary N) is 1. The van der Waals surface area contributed by atoms with Crippen LogP contribution in [0.4, 0.5) is 0 Å². The summed E-state index contributed by atoms with van der Waals surface area (Å²) in [7, 11) is 0. The van der Waals surface area contributed by atoms with Crippen LogP contribution in [0.25, 0.3) is 0 Å². The molecule has 7 heteroatoms. The van der Waals surface area contributed by atoms with Crippen LogP contribution in [0, 0.1) is 17.8 Å². The molecule has 1 heterocycles. The summed E-state index contributed by atoms with van der Waals surface area (Å²) in [6.45, 7) is 2.32. The lowest BCUT2D eigenvalue weighted by molar-refractivity contribution is 0.0697. The smallest absolute Gasteiger partial charge is 0.335 e.